The topological polar surface area (TPSA) is 47.6 Å². The van der Waals surface area contributed by atoms with Crippen LogP contribution < -0.4 is 5.32 Å². The number of hydrogen-bond acceptors (Lipinski definition) is 3. The number of carbonyl (C=O) groups excluding carboxylic acids is 1. The second-order valence-corrected chi connectivity index (χ2v) is 3.57. The monoisotopic (exact) mass is 201 g/mol. The quantitative estimate of drug-likeness (QED) is 0.712. The van der Waals surface area contributed by atoms with Gasteiger partial charge in [0.1, 0.15) is 6.10 Å². The second-order valence-electron chi connectivity index (χ2n) is 3.57. The van der Waals surface area contributed by atoms with Crippen molar-refractivity contribution in [3.8, 4) is 0 Å². The van der Waals surface area contributed by atoms with Gasteiger partial charge in [-0.15, -0.1) is 0 Å². The molecule has 0 saturated carbocycles. The lowest BCUT2D eigenvalue weighted by Crippen LogP contribution is -2.43. The van der Waals surface area contributed by atoms with Crippen molar-refractivity contribution in [1.82, 2.24) is 5.32 Å². The standard InChI is InChI=1S/C10H19NO3/c1-3-8(7-13-2)11-10(12)9-5-4-6-14-9/h8-9H,3-7H2,1-2H3,(H,11,12). The molecule has 1 saturated heterocycles. The van der Waals surface area contributed by atoms with Gasteiger partial charge in [-0.2, -0.15) is 0 Å². The molecule has 0 spiro atoms. The van der Waals surface area contributed by atoms with Gasteiger partial charge in [0.05, 0.1) is 12.6 Å². The van der Waals surface area contributed by atoms with E-state index in [1.165, 1.54) is 0 Å². The van der Waals surface area contributed by atoms with E-state index in [1.807, 2.05) is 6.92 Å². The molecule has 2 unspecified atom stereocenters. The van der Waals surface area contributed by atoms with Crippen molar-refractivity contribution in [3.05, 3.63) is 0 Å². The number of ether oxygens (including phenoxy) is 2. The number of amides is 1. The Kier molecular flexibility index (Phi) is 4.90. The number of hydrogen-bond donors (Lipinski definition) is 1. The zero-order chi connectivity index (χ0) is 10.4. The molecule has 0 aromatic rings. The maximum absolute atomic E-state index is 11.6. The normalized spacial score (nSPS) is 23.4. The average Bonchev–Trinajstić information content (AvgIpc) is 2.69. The van der Waals surface area contributed by atoms with E-state index < -0.39 is 0 Å². The molecule has 1 rings (SSSR count). The van der Waals surface area contributed by atoms with Crippen molar-refractivity contribution >= 4 is 5.91 Å². The minimum Gasteiger partial charge on any atom is -0.383 e. The Labute approximate surface area is 85.0 Å². The van der Waals surface area contributed by atoms with Gasteiger partial charge in [0, 0.05) is 13.7 Å². The van der Waals surface area contributed by atoms with E-state index in [9.17, 15) is 4.79 Å². The third-order valence-corrected chi connectivity index (χ3v) is 2.43. The zero-order valence-electron chi connectivity index (χ0n) is 8.91. The molecule has 1 N–H and O–H groups in total. The molecule has 1 fully saturated rings. The Hall–Kier alpha value is -0.610. The summed E-state index contributed by atoms with van der Waals surface area (Å²) < 4.78 is 10.3. The van der Waals surface area contributed by atoms with Crippen LogP contribution in [0.2, 0.25) is 0 Å². The first kappa shape index (κ1) is 11.5. The maximum atomic E-state index is 11.6. The first-order chi connectivity index (χ1) is 6.77. The molecular formula is C10H19NO3. The van der Waals surface area contributed by atoms with Crippen LogP contribution in [0, 0.1) is 0 Å². The van der Waals surface area contributed by atoms with Crippen molar-refractivity contribution in [2.45, 2.75) is 38.3 Å². The van der Waals surface area contributed by atoms with Gasteiger partial charge >= 0.3 is 0 Å². The molecular weight excluding hydrogens is 182 g/mol. The molecule has 1 amide bonds. The van der Waals surface area contributed by atoms with E-state index in [2.05, 4.69) is 5.32 Å². The van der Waals surface area contributed by atoms with Crippen LogP contribution in [0.5, 0.6) is 0 Å². The van der Waals surface area contributed by atoms with E-state index in [0.717, 1.165) is 19.3 Å². The first-order valence-electron chi connectivity index (χ1n) is 5.18. The summed E-state index contributed by atoms with van der Waals surface area (Å²) >= 11 is 0. The van der Waals surface area contributed by atoms with Gasteiger partial charge in [0.2, 0.25) is 5.91 Å². The van der Waals surface area contributed by atoms with Crippen LogP contribution >= 0.6 is 0 Å². The van der Waals surface area contributed by atoms with Gasteiger partial charge in [-0.05, 0) is 19.3 Å². The smallest absolute Gasteiger partial charge is 0.249 e. The fourth-order valence-electron chi connectivity index (χ4n) is 1.54. The number of rotatable bonds is 5. The number of nitrogens with one attached hydrogen (secondary N) is 1. The van der Waals surface area contributed by atoms with Crippen molar-refractivity contribution in [2.75, 3.05) is 20.3 Å². The maximum Gasteiger partial charge on any atom is 0.249 e. The van der Waals surface area contributed by atoms with Crippen LogP contribution in [-0.4, -0.2) is 38.4 Å². The molecule has 1 aliphatic heterocycles. The summed E-state index contributed by atoms with van der Waals surface area (Å²) in [4.78, 5) is 11.6. The lowest BCUT2D eigenvalue weighted by Gasteiger charge is -2.18. The van der Waals surface area contributed by atoms with Crippen molar-refractivity contribution in [1.29, 1.82) is 0 Å². The van der Waals surface area contributed by atoms with Gasteiger partial charge in [0.15, 0.2) is 0 Å². The lowest BCUT2D eigenvalue weighted by molar-refractivity contribution is -0.131. The Morgan fingerprint density at radius 2 is 2.50 bits per heavy atom. The molecule has 0 aliphatic carbocycles. The molecule has 1 aliphatic rings. The third kappa shape index (κ3) is 3.27. The highest BCUT2D eigenvalue weighted by Gasteiger charge is 2.24. The van der Waals surface area contributed by atoms with Crippen molar-refractivity contribution in [2.24, 2.45) is 0 Å². The van der Waals surface area contributed by atoms with Gasteiger partial charge in [0.25, 0.3) is 0 Å². The van der Waals surface area contributed by atoms with E-state index in [4.69, 9.17) is 9.47 Å². The first-order valence-corrected chi connectivity index (χ1v) is 5.18. The molecule has 4 heteroatoms. The number of carbonyl (C=O) groups is 1. The van der Waals surface area contributed by atoms with Crippen LogP contribution in [0.4, 0.5) is 0 Å². The lowest BCUT2D eigenvalue weighted by atomic mass is 10.2. The summed E-state index contributed by atoms with van der Waals surface area (Å²) in [6.07, 6.45) is 2.47. The molecule has 1 heterocycles. The molecule has 0 radical (unpaired) electrons. The highest BCUT2D eigenvalue weighted by atomic mass is 16.5. The third-order valence-electron chi connectivity index (χ3n) is 2.43. The van der Waals surface area contributed by atoms with Crippen molar-refractivity contribution in [3.63, 3.8) is 0 Å². The minimum absolute atomic E-state index is 0.00593. The van der Waals surface area contributed by atoms with Gasteiger partial charge in [-0.25, -0.2) is 0 Å². The van der Waals surface area contributed by atoms with E-state index in [0.29, 0.717) is 13.2 Å². The Bertz CT molecular complexity index is 178. The summed E-state index contributed by atoms with van der Waals surface area (Å²) in [5.74, 6) is 0.00593. The highest BCUT2D eigenvalue weighted by molar-refractivity contribution is 5.81. The van der Waals surface area contributed by atoms with Crippen LogP contribution in [0.3, 0.4) is 0 Å². The summed E-state index contributed by atoms with van der Waals surface area (Å²) in [6.45, 7) is 3.30. The molecule has 2 atom stereocenters. The van der Waals surface area contributed by atoms with Gasteiger partial charge in [-0.3, -0.25) is 4.79 Å². The average molecular weight is 201 g/mol. The van der Waals surface area contributed by atoms with Gasteiger partial charge in [-0.1, -0.05) is 6.92 Å². The SMILES string of the molecule is CCC(COC)NC(=O)C1CCCO1. The van der Waals surface area contributed by atoms with Gasteiger partial charge < -0.3 is 14.8 Å². The predicted octanol–water partition coefficient (Wildman–Crippen LogP) is 0.707. The zero-order valence-corrected chi connectivity index (χ0v) is 8.91. The summed E-state index contributed by atoms with van der Waals surface area (Å²) in [5, 5.41) is 2.92. The largest absolute Gasteiger partial charge is 0.383 e. The van der Waals surface area contributed by atoms with Crippen LogP contribution in [0.25, 0.3) is 0 Å². The molecule has 0 aromatic heterocycles. The number of methoxy groups -OCH3 is 1. The minimum atomic E-state index is -0.235. The molecule has 0 aromatic carbocycles. The Morgan fingerprint density at radius 1 is 1.71 bits per heavy atom. The van der Waals surface area contributed by atoms with Crippen LogP contribution in [0.15, 0.2) is 0 Å². The fraction of sp³-hybridized carbons (Fsp3) is 0.900. The highest BCUT2D eigenvalue weighted by Crippen LogP contribution is 2.12. The molecule has 82 valence electrons. The Morgan fingerprint density at radius 3 is 3.00 bits per heavy atom. The van der Waals surface area contributed by atoms with Crippen LogP contribution in [-0.2, 0) is 14.3 Å². The van der Waals surface area contributed by atoms with E-state index in [-0.39, 0.29) is 18.1 Å². The second kappa shape index (κ2) is 5.98. The van der Waals surface area contributed by atoms with E-state index in [1.54, 1.807) is 7.11 Å². The molecule has 4 nitrogen and oxygen atoms in total. The summed E-state index contributed by atoms with van der Waals surface area (Å²) in [5.41, 5.74) is 0. The Balaban J connectivity index is 2.29. The van der Waals surface area contributed by atoms with Crippen molar-refractivity contribution < 1.29 is 14.3 Å². The molecule has 14 heavy (non-hydrogen) atoms. The van der Waals surface area contributed by atoms with Crippen LogP contribution in [0.1, 0.15) is 26.2 Å². The molecule has 0 bridgehead atoms. The summed E-state index contributed by atoms with van der Waals surface area (Å²) in [7, 11) is 1.64. The fourth-order valence-corrected chi connectivity index (χ4v) is 1.54. The predicted molar refractivity (Wildman–Crippen MR) is 53.1 cm³/mol. The van der Waals surface area contributed by atoms with E-state index >= 15 is 0 Å². The summed E-state index contributed by atoms with van der Waals surface area (Å²) in [6, 6.07) is 0.108.